The Hall–Kier alpha value is -2.21. The minimum absolute atomic E-state index is 0.0165. The topological polar surface area (TPSA) is 63.1 Å². The molecular formula is C18H23N5O. The van der Waals surface area contributed by atoms with Crippen molar-refractivity contribution in [2.45, 2.75) is 38.3 Å². The van der Waals surface area contributed by atoms with E-state index in [0.29, 0.717) is 11.7 Å². The average molecular weight is 325 g/mol. The molecule has 1 fully saturated rings. The Kier molecular flexibility index (Phi) is 4.06. The molecule has 2 aliphatic rings. The molecule has 0 aliphatic carbocycles. The molecule has 0 saturated carbocycles. The van der Waals surface area contributed by atoms with Crippen LogP contribution >= 0.6 is 0 Å². The van der Waals surface area contributed by atoms with Crippen LogP contribution in [0.4, 0.5) is 0 Å². The number of nitrogens with zero attached hydrogens (tertiary/aromatic N) is 4. The van der Waals surface area contributed by atoms with Gasteiger partial charge in [0.15, 0.2) is 5.69 Å². The Labute approximate surface area is 141 Å². The zero-order valence-corrected chi connectivity index (χ0v) is 14.0. The van der Waals surface area contributed by atoms with Gasteiger partial charge in [0.25, 0.3) is 5.91 Å². The normalized spacial score (nSPS) is 21.5. The van der Waals surface area contributed by atoms with E-state index in [9.17, 15) is 4.79 Å². The number of piperidine rings is 1. The smallest absolute Gasteiger partial charge is 0.276 e. The van der Waals surface area contributed by atoms with Crippen LogP contribution in [0.5, 0.6) is 0 Å². The molecule has 1 amide bonds. The number of benzene rings is 1. The Morgan fingerprint density at radius 2 is 2.04 bits per heavy atom. The van der Waals surface area contributed by atoms with Crippen molar-refractivity contribution in [3.63, 3.8) is 0 Å². The fourth-order valence-electron chi connectivity index (χ4n) is 3.82. The van der Waals surface area contributed by atoms with Crippen molar-refractivity contribution in [1.29, 1.82) is 0 Å². The first-order valence-electron chi connectivity index (χ1n) is 8.75. The van der Waals surface area contributed by atoms with Gasteiger partial charge in [0.1, 0.15) is 0 Å². The Bertz CT molecular complexity index is 735. The maximum absolute atomic E-state index is 12.9. The summed E-state index contributed by atoms with van der Waals surface area (Å²) in [6.07, 6.45) is 4.79. The first-order chi connectivity index (χ1) is 11.7. The van der Waals surface area contributed by atoms with Crippen molar-refractivity contribution in [2.24, 2.45) is 0 Å². The minimum atomic E-state index is -0.0165. The molecule has 1 atom stereocenters. The van der Waals surface area contributed by atoms with E-state index in [1.807, 2.05) is 21.8 Å². The number of fused-ring (bicyclic) bond motifs is 1. The lowest BCUT2D eigenvalue weighted by Crippen LogP contribution is -2.39. The molecule has 1 saturated heterocycles. The van der Waals surface area contributed by atoms with E-state index in [0.717, 1.165) is 38.9 Å². The number of aromatic nitrogens is 3. The molecule has 2 aromatic rings. The molecule has 1 aromatic carbocycles. The van der Waals surface area contributed by atoms with E-state index < -0.39 is 0 Å². The summed E-state index contributed by atoms with van der Waals surface area (Å²) in [7, 11) is 0. The molecule has 6 nitrogen and oxygen atoms in total. The quantitative estimate of drug-likeness (QED) is 0.917. The van der Waals surface area contributed by atoms with Crippen molar-refractivity contribution in [3.8, 4) is 0 Å². The predicted molar refractivity (Wildman–Crippen MR) is 90.8 cm³/mol. The zero-order chi connectivity index (χ0) is 16.5. The lowest BCUT2D eigenvalue weighted by molar-refractivity contribution is 0.0671. The molecule has 0 bridgehead atoms. The van der Waals surface area contributed by atoms with E-state index in [4.69, 9.17) is 0 Å². The van der Waals surface area contributed by atoms with Crippen molar-refractivity contribution < 1.29 is 4.79 Å². The number of nitrogens with one attached hydrogen (secondary N) is 1. The van der Waals surface area contributed by atoms with Gasteiger partial charge in [-0.25, -0.2) is 4.68 Å². The van der Waals surface area contributed by atoms with Gasteiger partial charge in [0.05, 0.1) is 18.3 Å². The summed E-state index contributed by atoms with van der Waals surface area (Å²) < 4.78 is 1.87. The number of carbonyl (C=O) groups is 1. The van der Waals surface area contributed by atoms with Crippen LogP contribution in [-0.4, -0.2) is 45.4 Å². The molecular weight excluding hydrogens is 302 g/mol. The van der Waals surface area contributed by atoms with Gasteiger partial charge < -0.3 is 10.2 Å². The molecule has 6 heteroatoms. The van der Waals surface area contributed by atoms with Gasteiger partial charge in [0.2, 0.25) is 0 Å². The zero-order valence-electron chi connectivity index (χ0n) is 14.0. The fraction of sp³-hybridized carbons (Fsp3) is 0.500. The van der Waals surface area contributed by atoms with Gasteiger partial charge in [-0.1, -0.05) is 29.5 Å². The Morgan fingerprint density at radius 3 is 2.88 bits per heavy atom. The lowest BCUT2D eigenvalue weighted by atomic mass is 9.93. The van der Waals surface area contributed by atoms with Crippen LogP contribution in [0.1, 0.15) is 53.5 Å². The van der Waals surface area contributed by atoms with Gasteiger partial charge in [-0.15, -0.1) is 5.10 Å². The third-order valence-corrected chi connectivity index (χ3v) is 5.27. The number of amides is 1. The monoisotopic (exact) mass is 325 g/mol. The second kappa shape index (κ2) is 6.36. The summed E-state index contributed by atoms with van der Waals surface area (Å²) in [6.45, 7) is 4.81. The molecule has 1 N–H and O–H groups in total. The second-order valence-corrected chi connectivity index (χ2v) is 6.69. The summed E-state index contributed by atoms with van der Waals surface area (Å²) in [5, 5.41) is 11.7. The third kappa shape index (κ3) is 2.71. The minimum Gasteiger partial charge on any atom is -0.330 e. The highest BCUT2D eigenvalue weighted by Crippen LogP contribution is 2.30. The fourth-order valence-corrected chi connectivity index (χ4v) is 3.82. The number of rotatable bonds is 2. The van der Waals surface area contributed by atoms with Crippen LogP contribution in [-0.2, 0) is 6.42 Å². The highest BCUT2D eigenvalue weighted by Gasteiger charge is 2.30. The van der Waals surface area contributed by atoms with E-state index in [2.05, 4.69) is 40.8 Å². The lowest BCUT2D eigenvalue weighted by Gasteiger charge is -2.34. The predicted octanol–water partition coefficient (Wildman–Crippen LogP) is 1.96. The first-order valence-corrected chi connectivity index (χ1v) is 8.75. The van der Waals surface area contributed by atoms with E-state index >= 15 is 0 Å². The van der Waals surface area contributed by atoms with Crippen molar-refractivity contribution >= 4 is 5.91 Å². The SMILES string of the molecule is C[C@H]1c2ccccc2CCN1C(=O)c1cn(C2CCNCC2)nn1. The summed E-state index contributed by atoms with van der Waals surface area (Å²) in [5.74, 6) is -0.0165. The van der Waals surface area contributed by atoms with E-state index in [-0.39, 0.29) is 11.9 Å². The van der Waals surface area contributed by atoms with Crippen LogP contribution in [0.3, 0.4) is 0 Å². The number of carbonyl (C=O) groups excluding carboxylic acids is 1. The van der Waals surface area contributed by atoms with Crippen LogP contribution in [0, 0.1) is 0 Å². The van der Waals surface area contributed by atoms with Crippen LogP contribution in [0.25, 0.3) is 0 Å². The molecule has 0 unspecified atom stereocenters. The number of hydrogen-bond acceptors (Lipinski definition) is 4. The Balaban J connectivity index is 1.53. The standard InChI is InChI=1S/C18H23N5O/c1-13-16-5-3-2-4-14(16)8-11-22(13)18(24)17-12-23(21-20-17)15-6-9-19-10-7-15/h2-5,12-13,15,19H,6-11H2,1H3/t13-/m0/s1. The maximum Gasteiger partial charge on any atom is 0.276 e. The molecule has 126 valence electrons. The molecule has 4 rings (SSSR count). The van der Waals surface area contributed by atoms with Gasteiger partial charge in [0, 0.05) is 6.54 Å². The average Bonchev–Trinajstić information content (AvgIpc) is 3.13. The van der Waals surface area contributed by atoms with Crippen LogP contribution in [0.2, 0.25) is 0 Å². The molecule has 0 spiro atoms. The Morgan fingerprint density at radius 1 is 1.25 bits per heavy atom. The molecule has 0 radical (unpaired) electrons. The van der Waals surface area contributed by atoms with E-state index in [1.165, 1.54) is 11.1 Å². The highest BCUT2D eigenvalue weighted by atomic mass is 16.2. The second-order valence-electron chi connectivity index (χ2n) is 6.69. The van der Waals surface area contributed by atoms with Crippen molar-refractivity contribution in [2.75, 3.05) is 19.6 Å². The summed E-state index contributed by atoms with van der Waals surface area (Å²) >= 11 is 0. The molecule has 1 aromatic heterocycles. The first kappa shape index (κ1) is 15.3. The van der Waals surface area contributed by atoms with Gasteiger partial charge in [-0.3, -0.25) is 4.79 Å². The van der Waals surface area contributed by atoms with Crippen LogP contribution in [0.15, 0.2) is 30.5 Å². The van der Waals surface area contributed by atoms with E-state index in [1.54, 1.807) is 0 Å². The summed E-state index contributed by atoms with van der Waals surface area (Å²) in [4.78, 5) is 14.8. The largest absolute Gasteiger partial charge is 0.330 e. The van der Waals surface area contributed by atoms with Gasteiger partial charge in [-0.05, 0) is 50.4 Å². The highest BCUT2D eigenvalue weighted by molar-refractivity contribution is 5.92. The van der Waals surface area contributed by atoms with Crippen molar-refractivity contribution in [3.05, 3.63) is 47.3 Å². The van der Waals surface area contributed by atoms with Gasteiger partial charge >= 0.3 is 0 Å². The van der Waals surface area contributed by atoms with Gasteiger partial charge in [-0.2, -0.15) is 0 Å². The third-order valence-electron chi connectivity index (χ3n) is 5.27. The number of hydrogen-bond donors (Lipinski definition) is 1. The molecule has 3 heterocycles. The molecule has 2 aliphatic heterocycles. The van der Waals surface area contributed by atoms with Crippen molar-refractivity contribution in [1.82, 2.24) is 25.2 Å². The molecule has 24 heavy (non-hydrogen) atoms. The summed E-state index contributed by atoms with van der Waals surface area (Å²) in [6, 6.07) is 8.79. The maximum atomic E-state index is 12.9. The van der Waals surface area contributed by atoms with Crippen LogP contribution < -0.4 is 5.32 Å². The summed E-state index contributed by atoms with van der Waals surface area (Å²) in [5.41, 5.74) is 3.04.